The molecule has 2 aromatic rings. The van der Waals surface area contributed by atoms with E-state index in [-0.39, 0.29) is 5.78 Å². The summed E-state index contributed by atoms with van der Waals surface area (Å²) >= 11 is 0. The van der Waals surface area contributed by atoms with Crippen molar-refractivity contribution in [3.8, 4) is 0 Å². The minimum Gasteiger partial charge on any atom is -0.317 e. The molecule has 0 saturated heterocycles. The third-order valence-electron chi connectivity index (χ3n) is 3.14. The summed E-state index contributed by atoms with van der Waals surface area (Å²) in [6.07, 6.45) is 5.54. The number of carbonyl (C=O) groups excluding carboxylic acids is 1. The minimum absolute atomic E-state index is 0.0731. The third-order valence-corrected chi connectivity index (χ3v) is 3.14. The van der Waals surface area contributed by atoms with Crippen LogP contribution in [0, 0.1) is 0 Å². The van der Waals surface area contributed by atoms with Crippen LogP contribution in [0.3, 0.4) is 0 Å². The lowest BCUT2D eigenvalue weighted by atomic mass is 9.99. The molecule has 0 aliphatic heterocycles. The first-order valence-corrected chi connectivity index (χ1v) is 6.49. The Morgan fingerprint density at radius 2 is 2.05 bits per heavy atom. The topological polar surface area (TPSA) is 60.9 Å². The van der Waals surface area contributed by atoms with E-state index in [4.69, 9.17) is 5.73 Å². The van der Waals surface area contributed by atoms with Crippen LogP contribution < -0.4 is 5.73 Å². The van der Waals surface area contributed by atoms with Crippen LogP contribution in [-0.4, -0.2) is 15.6 Å². The van der Waals surface area contributed by atoms with Crippen molar-refractivity contribution in [3.63, 3.8) is 0 Å². The zero-order valence-electron chi connectivity index (χ0n) is 11.3. The van der Waals surface area contributed by atoms with Crippen LogP contribution >= 0.6 is 0 Å². The number of Topliss-reactive ketones (excluding diaryl/α,β-unsaturated/α-hetero) is 1. The van der Waals surface area contributed by atoms with Crippen molar-refractivity contribution in [1.82, 2.24) is 9.78 Å². The molecule has 0 spiro atoms. The summed E-state index contributed by atoms with van der Waals surface area (Å²) in [5, 5.41) is 4.04. The van der Waals surface area contributed by atoms with E-state index in [0.29, 0.717) is 5.56 Å². The van der Waals surface area contributed by atoms with E-state index in [1.165, 1.54) is 5.56 Å². The molecule has 100 valence electrons. The molecule has 0 saturated carbocycles. The second-order valence-electron chi connectivity index (χ2n) is 4.74. The van der Waals surface area contributed by atoms with Crippen LogP contribution in [-0.2, 0) is 13.5 Å². The first-order chi connectivity index (χ1) is 9.11. The molecular weight excluding hydrogens is 238 g/mol. The number of aryl methyl sites for hydroxylation is 2. The van der Waals surface area contributed by atoms with E-state index in [9.17, 15) is 4.79 Å². The second-order valence-corrected chi connectivity index (χ2v) is 4.74. The molecule has 0 bridgehead atoms. The molecule has 19 heavy (non-hydrogen) atoms. The SMILES string of the molecule is CCCc1ccc(C(=O)C(N)c2cnn(C)c2)cc1. The van der Waals surface area contributed by atoms with Gasteiger partial charge < -0.3 is 5.73 Å². The van der Waals surface area contributed by atoms with Crippen molar-refractivity contribution < 1.29 is 4.79 Å². The summed E-state index contributed by atoms with van der Waals surface area (Å²) in [6, 6.07) is 7.04. The maximum atomic E-state index is 12.3. The van der Waals surface area contributed by atoms with Crippen LogP contribution in [0.25, 0.3) is 0 Å². The molecule has 2 rings (SSSR count). The fraction of sp³-hybridized carbons (Fsp3) is 0.333. The van der Waals surface area contributed by atoms with E-state index in [1.54, 1.807) is 24.1 Å². The van der Waals surface area contributed by atoms with Crippen molar-refractivity contribution in [1.29, 1.82) is 0 Å². The number of rotatable bonds is 5. The molecule has 1 heterocycles. The highest BCUT2D eigenvalue weighted by Gasteiger charge is 2.18. The fourth-order valence-electron chi connectivity index (χ4n) is 2.06. The van der Waals surface area contributed by atoms with Crippen LogP contribution in [0.5, 0.6) is 0 Å². The highest BCUT2D eigenvalue weighted by atomic mass is 16.1. The van der Waals surface area contributed by atoms with Crippen LogP contribution in [0.15, 0.2) is 36.7 Å². The summed E-state index contributed by atoms with van der Waals surface area (Å²) in [5.74, 6) is -0.0731. The Labute approximate surface area is 113 Å². The average molecular weight is 257 g/mol. The van der Waals surface area contributed by atoms with E-state index in [1.807, 2.05) is 24.3 Å². The standard InChI is InChI=1S/C15H19N3O/c1-3-4-11-5-7-12(8-6-11)15(19)14(16)13-9-17-18(2)10-13/h5-10,14H,3-4,16H2,1-2H3. The van der Waals surface area contributed by atoms with Gasteiger partial charge in [-0.3, -0.25) is 9.48 Å². The van der Waals surface area contributed by atoms with E-state index in [2.05, 4.69) is 12.0 Å². The summed E-state index contributed by atoms with van der Waals surface area (Å²) in [5.41, 5.74) is 8.61. The number of hydrogen-bond donors (Lipinski definition) is 1. The zero-order valence-corrected chi connectivity index (χ0v) is 11.3. The van der Waals surface area contributed by atoms with Gasteiger partial charge in [-0.05, 0) is 12.0 Å². The maximum Gasteiger partial charge on any atom is 0.184 e. The average Bonchev–Trinajstić information content (AvgIpc) is 2.85. The number of benzene rings is 1. The van der Waals surface area contributed by atoms with Gasteiger partial charge in [-0.25, -0.2) is 0 Å². The van der Waals surface area contributed by atoms with Gasteiger partial charge in [0.05, 0.1) is 12.2 Å². The maximum absolute atomic E-state index is 12.3. The Morgan fingerprint density at radius 3 is 2.58 bits per heavy atom. The molecule has 4 nitrogen and oxygen atoms in total. The summed E-state index contributed by atoms with van der Waals surface area (Å²) in [6.45, 7) is 2.14. The van der Waals surface area contributed by atoms with Gasteiger partial charge in [-0.1, -0.05) is 37.6 Å². The molecular formula is C15H19N3O. The number of carbonyl (C=O) groups is 1. The van der Waals surface area contributed by atoms with Gasteiger partial charge in [0.25, 0.3) is 0 Å². The Bertz CT molecular complexity index is 557. The normalized spacial score (nSPS) is 12.4. The summed E-state index contributed by atoms with van der Waals surface area (Å²) in [7, 11) is 1.81. The van der Waals surface area contributed by atoms with Gasteiger partial charge in [-0.15, -0.1) is 0 Å². The number of nitrogens with zero attached hydrogens (tertiary/aromatic N) is 2. The lowest BCUT2D eigenvalue weighted by Gasteiger charge is -2.09. The summed E-state index contributed by atoms with van der Waals surface area (Å²) < 4.78 is 1.65. The number of aromatic nitrogens is 2. The molecule has 2 N–H and O–H groups in total. The molecule has 1 unspecified atom stereocenters. The highest BCUT2D eigenvalue weighted by molar-refractivity contribution is 6.00. The van der Waals surface area contributed by atoms with Crippen molar-refractivity contribution >= 4 is 5.78 Å². The van der Waals surface area contributed by atoms with Crippen molar-refractivity contribution in [2.24, 2.45) is 12.8 Å². The van der Waals surface area contributed by atoms with E-state index >= 15 is 0 Å². The van der Waals surface area contributed by atoms with Crippen molar-refractivity contribution in [2.75, 3.05) is 0 Å². The van der Waals surface area contributed by atoms with Gasteiger partial charge in [0, 0.05) is 24.4 Å². The van der Waals surface area contributed by atoms with E-state index < -0.39 is 6.04 Å². The zero-order chi connectivity index (χ0) is 13.8. The van der Waals surface area contributed by atoms with Crippen LogP contribution in [0.1, 0.15) is 40.9 Å². The minimum atomic E-state index is -0.647. The Hall–Kier alpha value is -1.94. The molecule has 4 heteroatoms. The first-order valence-electron chi connectivity index (χ1n) is 6.49. The van der Waals surface area contributed by atoms with Gasteiger partial charge in [0.1, 0.15) is 0 Å². The second kappa shape index (κ2) is 5.80. The predicted octanol–water partition coefficient (Wildman–Crippen LogP) is 2.26. The quantitative estimate of drug-likeness (QED) is 0.836. The third kappa shape index (κ3) is 3.09. The van der Waals surface area contributed by atoms with Crippen LogP contribution in [0.2, 0.25) is 0 Å². The molecule has 1 aromatic heterocycles. The lowest BCUT2D eigenvalue weighted by molar-refractivity contribution is 0.0961. The van der Waals surface area contributed by atoms with Crippen molar-refractivity contribution in [2.45, 2.75) is 25.8 Å². The lowest BCUT2D eigenvalue weighted by Crippen LogP contribution is -2.21. The predicted molar refractivity (Wildman–Crippen MR) is 74.9 cm³/mol. The van der Waals surface area contributed by atoms with E-state index in [0.717, 1.165) is 18.4 Å². The van der Waals surface area contributed by atoms with Gasteiger partial charge in [0.15, 0.2) is 5.78 Å². The molecule has 0 radical (unpaired) electrons. The smallest absolute Gasteiger partial charge is 0.184 e. The first kappa shape index (κ1) is 13.5. The Morgan fingerprint density at radius 1 is 1.37 bits per heavy atom. The molecule has 0 aliphatic rings. The molecule has 1 aromatic carbocycles. The summed E-state index contributed by atoms with van der Waals surface area (Å²) in [4.78, 5) is 12.3. The van der Waals surface area contributed by atoms with Crippen molar-refractivity contribution in [3.05, 3.63) is 53.3 Å². The Kier molecular flexibility index (Phi) is 4.12. The largest absolute Gasteiger partial charge is 0.317 e. The van der Waals surface area contributed by atoms with Gasteiger partial charge >= 0.3 is 0 Å². The number of ketones is 1. The monoisotopic (exact) mass is 257 g/mol. The molecule has 0 amide bonds. The highest BCUT2D eigenvalue weighted by Crippen LogP contribution is 2.16. The fourth-order valence-corrected chi connectivity index (χ4v) is 2.06. The molecule has 1 atom stereocenters. The Balaban J connectivity index is 2.14. The van der Waals surface area contributed by atoms with Gasteiger partial charge in [-0.2, -0.15) is 5.10 Å². The van der Waals surface area contributed by atoms with Crippen LogP contribution in [0.4, 0.5) is 0 Å². The number of nitrogens with two attached hydrogens (primary N) is 1. The molecule has 0 aliphatic carbocycles. The van der Waals surface area contributed by atoms with Gasteiger partial charge in [0.2, 0.25) is 0 Å². The molecule has 0 fully saturated rings. The number of hydrogen-bond acceptors (Lipinski definition) is 3.